The summed E-state index contributed by atoms with van der Waals surface area (Å²) >= 11 is 0. The number of rotatable bonds is 5. The first kappa shape index (κ1) is 12.5. The molecule has 1 aliphatic rings. The van der Waals surface area contributed by atoms with E-state index in [1.807, 2.05) is 25.1 Å². The van der Waals surface area contributed by atoms with Gasteiger partial charge in [0.1, 0.15) is 0 Å². The second kappa shape index (κ2) is 4.74. The van der Waals surface area contributed by atoms with Gasteiger partial charge >= 0.3 is 0 Å². The average molecular weight is 254 g/mol. The number of nitrogens with zero attached hydrogens (tertiary/aromatic N) is 1. The van der Waals surface area contributed by atoms with Gasteiger partial charge in [-0.3, -0.25) is 4.98 Å². The lowest BCUT2D eigenvalue weighted by atomic mass is 10.1. The Morgan fingerprint density at radius 1 is 1.47 bits per heavy atom. The fourth-order valence-corrected chi connectivity index (χ4v) is 2.71. The van der Waals surface area contributed by atoms with Crippen LogP contribution in [0.3, 0.4) is 0 Å². The molecule has 1 N–H and O–H groups in total. The van der Waals surface area contributed by atoms with Crippen molar-refractivity contribution in [1.82, 2.24) is 9.71 Å². The molecule has 1 saturated carbocycles. The first-order valence-corrected chi connectivity index (χ1v) is 7.60. The number of hydrogen-bond acceptors (Lipinski definition) is 3. The SMILES string of the molecule is CCS(=O)(=O)NC(c1cccc(C)n1)C1CC1. The molecule has 0 saturated heterocycles. The fraction of sp³-hybridized carbons (Fsp3) is 0.583. The first-order valence-electron chi connectivity index (χ1n) is 5.95. The quantitative estimate of drug-likeness (QED) is 0.871. The second-order valence-corrected chi connectivity index (χ2v) is 6.58. The normalized spacial score (nSPS) is 18.0. The van der Waals surface area contributed by atoms with E-state index < -0.39 is 10.0 Å². The van der Waals surface area contributed by atoms with Crippen LogP contribution in [0.4, 0.5) is 0 Å². The lowest BCUT2D eigenvalue weighted by Gasteiger charge is -2.17. The fourth-order valence-electron chi connectivity index (χ4n) is 1.84. The Labute approximate surface area is 103 Å². The Morgan fingerprint density at radius 3 is 2.71 bits per heavy atom. The van der Waals surface area contributed by atoms with Crippen LogP contribution < -0.4 is 4.72 Å². The summed E-state index contributed by atoms with van der Waals surface area (Å²) in [6.45, 7) is 3.57. The van der Waals surface area contributed by atoms with Crippen molar-refractivity contribution in [1.29, 1.82) is 0 Å². The number of sulfonamides is 1. The van der Waals surface area contributed by atoms with Crippen LogP contribution in [0.1, 0.15) is 37.2 Å². The van der Waals surface area contributed by atoms with E-state index in [4.69, 9.17) is 0 Å². The van der Waals surface area contributed by atoms with Crippen LogP contribution in [0.25, 0.3) is 0 Å². The summed E-state index contributed by atoms with van der Waals surface area (Å²) in [6.07, 6.45) is 2.15. The van der Waals surface area contributed by atoms with Gasteiger partial charge in [-0.05, 0) is 44.7 Å². The molecule has 1 heterocycles. The van der Waals surface area contributed by atoms with Gasteiger partial charge in [0.15, 0.2) is 0 Å². The maximum atomic E-state index is 11.7. The van der Waals surface area contributed by atoms with Crippen LogP contribution >= 0.6 is 0 Å². The lowest BCUT2D eigenvalue weighted by Crippen LogP contribution is -2.31. The van der Waals surface area contributed by atoms with E-state index in [0.717, 1.165) is 24.2 Å². The molecule has 2 rings (SSSR count). The summed E-state index contributed by atoms with van der Waals surface area (Å²) in [6, 6.07) is 5.59. The largest absolute Gasteiger partial charge is 0.256 e. The molecule has 0 radical (unpaired) electrons. The molecule has 5 heteroatoms. The Bertz CT molecular complexity index is 495. The van der Waals surface area contributed by atoms with E-state index >= 15 is 0 Å². The van der Waals surface area contributed by atoms with E-state index in [0.29, 0.717) is 5.92 Å². The molecule has 1 atom stereocenters. The van der Waals surface area contributed by atoms with Gasteiger partial charge in [-0.2, -0.15) is 0 Å². The molecule has 0 bridgehead atoms. The van der Waals surface area contributed by atoms with Crippen LogP contribution in [-0.4, -0.2) is 19.2 Å². The van der Waals surface area contributed by atoms with E-state index in [2.05, 4.69) is 9.71 Å². The summed E-state index contributed by atoms with van der Waals surface area (Å²) in [7, 11) is -3.17. The van der Waals surface area contributed by atoms with Crippen molar-refractivity contribution in [3.8, 4) is 0 Å². The summed E-state index contributed by atoms with van der Waals surface area (Å²) in [5.74, 6) is 0.521. The van der Waals surface area contributed by atoms with Crippen molar-refractivity contribution in [2.75, 3.05) is 5.75 Å². The average Bonchev–Trinajstić information content (AvgIpc) is 3.10. The molecule has 1 aliphatic carbocycles. The molecule has 17 heavy (non-hydrogen) atoms. The Morgan fingerprint density at radius 2 is 2.18 bits per heavy atom. The van der Waals surface area contributed by atoms with Crippen LogP contribution in [0.5, 0.6) is 0 Å². The van der Waals surface area contributed by atoms with Crippen molar-refractivity contribution >= 4 is 10.0 Å². The van der Waals surface area contributed by atoms with Gasteiger partial charge in [0.2, 0.25) is 10.0 Å². The summed E-state index contributed by atoms with van der Waals surface area (Å²) < 4.78 is 26.1. The third-order valence-corrected chi connectivity index (χ3v) is 4.38. The van der Waals surface area contributed by atoms with Crippen molar-refractivity contribution in [2.24, 2.45) is 5.92 Å². The molecular weight excluding hydrogens is 236 g/mol. The second-order valence-electron chi connectivity index (χ2n) is 4.54. The molecule has 0 aromatic carbocycles. The minimum atomic E-state index is -3.17. The van der Waals surface area contributed by atoms with Gasteiger partial charge in [0.25, 0.3) is 0 Å². The molecule has 1 aromatic rings. The van der Waals surface area contributed by atoms with Gasteiger partial charge < -0.3 is 0 Å². The zero-order chi connectivity index (χ0) is 12.5. The Balaban J connectivity index is 2.24. The maximum absolute atomic E-state index is 11.7. The summed E-state index contributed by atoms with van der Waals surface area (Å²) in [5, 5.41) is 0. The first-order chi connectivity index (χ1) is 8.02. The number of hydrogen-bond donors (Lipinski definition) is 1. The highest BCUT2D eigenvalue weighted by atomic mass is 32.2. The van der Waals surface area contributed by atoms with E-state index in [1.165, 1.54) is 0 Å². The Hall–Kier alpha value is -0.940. The van der Waals surface area contributed by atoms with Gasteiger partial charge in [-0.25, -0.2) is 13.1 Å². The predicted octanol–water partition coefficient (Wildman–Crippen LogP) is 1.78. The highest BCUT2D eigenvalue weighted by molar-refractivity contribution is 7.89. The van der Waals surface area contributed by atoms with Gasteiger partial charge in [-0.1, -0.05) is 6.07 Å². The van der Waals surface area contributed by atoms with Crippen molar-refractivity contribution in [3.63, 3.8) is 0 Å². The van der Waals surface area contributed by atoms with E-state index in [-0.39, 0.29) is 11.8 Å². The molecule has 0 aliphatic heterocycles. The van der Waals surface area contributed by atoms with Gasteiger partial charge in [-0.15, -0.1) is 0 Å². The highest BCUT2D eigenvalue weighted by Crippen LogP contribution is 2.40. The van der Waals surface area contributed by atoms with Gasteiger partial charge in [0.05, 0.1) is 17.5 Å². The van der Waals surface area contributed by atoms with Crippen molar-refractivity contribution < 1.29 is 8.42 Å². The molecule has 0 amide bonds. The molecular formula is C12H18N2O2S. The third kappa shape index (κ3) is 3.26. The van der Waals surface area contributed by atoms with Crippen LogP contribution in [0.15, 0.2) is 18.2 Å². The van der Waals surface area contributed by atoms with Crippen molar-refractivity contribution in [2.45, 2.75) is 32.7 Å². The Kier molecular flexibility index (Phi) is 3.49. The number of aryl methyl sites for hydroxylation is 1. The molecule has 1 fully saturated rings. The highest BCUT2D eigenvalue weighted by Gasteiger charge is 2.35. The minimum absolute atomic E-state index is 0.113. The topological polar surface area (TPSA) is 59.1 Å². The third-order valence-electron chi connectivity index (χ3n) is 3.01. The molecule has 1 unspecified atom stereocenters. The molecule has 1 aromatic heterocycles. The summed E-state index contributed by atoms with van der Waals surface area (Å²) in [4.78, 5) is 4.43. The number of nitrogens with one attached hydrogen (secondary N) is 1. The minimum Gasteiger partial charge on any atom is -0.256 e. The van der Waals surface area contributed by atoms with Crippen LogP contribution in [-0.2, 0) is 10.0 Å². The maximum Gasteiger partial charge on any atom is 0.211 e. The van der Waals surface area contributed by atoms with Crippen LogP contribution in [0.2, 0.25) is 0 Å². The van der Waals surface area contributed by atoms with Crippen LogP contribution in [0, 0.1) is 12.8 Å². The van der Waals surface area contributed by atoms with E-state index in [9.17, 15) is 8.42 Å². The summed E-state index contributed by atoms with van der Waals surface area (Å²) in [5.41, 5.74) is 1.76. The lowest BCUT2D eigenvalue weighted by molar-refractivity contribution is 0.521. The van der Waals surface area contributed by atoms with Crippen molar-refractivity contribution in [3.05, 3.63) is 29.6 Å². The predicted molar refractivity (Wildman–Crippen MR) is 67.0 cm³/mol. The standard InChI is InChI=1S/C12H18N2O2S/c1-3-17(15,16)14-12(10-7-8-10)11-6-4-5-9(2)13-11/h4-6,10,12,14H,3,7-8H2,1-2H3. The monoisotopic (exact) mass is 254 g/mol. The zero-order valence-electron chi connectivity index (χ0n) is 10.2. The smallest absolute Gasteiger partial charge is 0.211 e. The van der Waals surface area contributed by atoms with E-state index in [1.54, 1.807) is 6.92 Å². The zero-order valence-corrected chi connectivity index (χ0v) is 11.0. The number of pyridine rings is 1. The number of aromatic nitrogens is 1. The molecule has 0 spiro atoms. The van der Waals surface area contributed by atoms with Gasteiger partial charge in [0, 0.05) is 5.69 Å². The molecule has 4 nitrogen and oxygen atoms in total. The molecule has 94 valence electrons.